The first kappa shape index (κ1) is 14.7. The molecule has 0 heterocycles. The molecule has 1 aromatic rings. The number of methoxy groups -OCH3 is 1. The molecule has 1 N–H and O–H groups in total. The minimum atomic E-state index is -1.48. The monoisotopic (exact) mass is 251 g/mol. The van der Waals surface area contributed by atoms with Crippen LogP contribution in [0.4, 0.5) is 0 Å². The summed E-state index contributed by atoms with van der Waals surface area (Å²) in [5.74, 6) is -0.612. The van der Waals surface area contributed by atoms with E-state index >= 15 is 0 Å². The van der Waals surface area contributed by atoms with Gasteiger partial charge in [0.05, 0.1) is 7.11 Å². The normalized spacial score (nSPS) is 14.3. The zero-order valence-electron chi connectivity index (χ0n) is 11.4. The topological polar surface area (TPSA) is 49.8 Å². The lowest BCUT2D eigenvalue weighted by atomic mass is 10.1. The number of carbonyl (C=O) groups is 1. The molecule has 0 aliphatic carbocycles. The van der Waals surface area contributed by atoms with Gasteiger partial charge in [-0.05, 0) is 26.5 Å². The molecule has 0 saturated carbocycles. The van der Waals surface area contributed by atoms with E-state index in [0.29, 0.717) is 6.54 Å². The second kappa shape index (κ2) is 5.98. The van der Waals surface area contributed by atoms with Gasteiger partial charge in [-0.2, -0.15) is 0 Å². The van der Waals surface area contributed by atoms with Crippen LogP contribution in [-0.2, 0) is 16.1 Å². The lowest BCUT2D eigenvalue weighted by molar-refractivity contribution is -0.162. The van der Waals surface area contributed by atoms with E-state index in [0.717, 1.165) is 5.56 Å². The molecule has 1 unspecified atom stereocenters. The highest BCUT2D eigenvalue weighted by Gasteiger charge is 2.32. The summed E-state index contributed by atoms with van der Waals surface area (Å²) in [4.78, 5) is 13.3. The molecule has 0 fully saturated rings. The van der Waals surface area contributed by atoms with Crippen molar-refractivity contribution in [1.29, 1.82) is 0 Å². The summed E-state index contributed by atoms with van der Waals surface area (Å²) < 4.78 is 4.57. The van der Waals surface area contributed by atoms with Gasteiger partial charge in [0.15, 0.2) is 5.60 Å². The van der Waals surface area contributed by atoms with Crippen LogP contribution in [0, 0.1) is 6.92 Å². The van der Waals surface area contributed by atoms with E-state index < -0.39 is 11.6 Å². The number of rotatable bonds is 5. The van der Waals surface area contributed by atoms with Gasteiger partial charge in [-0.3, -0.25) is 4.90 Å². The van der Waals surface area contributed by atoms with E-state index in [1.807, 2.05) is 37.1 Å². The van der Waals surface area contributed by atoms with Gasteiger partial charge >= 0.3 is 5.97 Å². The Balaban J connectivity index is 2.61. The van der Waals surface area contributed by atoms with Crippen LogP contribution in [0.15, 0.2) is 24.3 Å². The van der Waals surface area contributed by atoms with Crippen LogP contribution in [0.25, 0.3) is 0 Å². The maximum Gasteiger partial charge on any atom is 0.338 e. The fourth-order valence-corrected chi connectivity index (χ4v) is 1.99. The molecule has 4 heteroatoms. The van der Waals surface area contributed by atoms with Crippen molar-refractivity contribution in [3.05, 3.63) is 35.4 Å². The van der Waals surface area contributed by atoms with E-state index in [1.165, 1.54) is 19.6 Å². The molecular formula is C14H21NO3. The molecule has 0 radical (unpaired) electrons. The second-order valence-corrected chi connectivity index (χ2v) is 4.93. The molecule has 0 bridgehead atoms. The van der Waals surface area contributed by atoms with Crippen molar-refractivity contribution in [3.8, 4) is 0 Å². The molecule has 1 rings (SSSR count). The predicted molar refractivity (Wildman–Crippen MR) is 70.2 cm³/mol. The number of aryl methyl sites for hydroxylation is 1. The van der Waals surface area contributed by atoms with Gasteiger partial charge in [-0.15, -0.1) is 0 Å². The number of esters is 1. The Bertz CT molecular complexity index is 415. The maximum absolute atomic E-state index is 11.4. The Hall–Kier alpha value is -1.39. The Morgan fingerprint density at radius 2 is 2.17 bits per heavy atom. The Labute approximate surface area is 108 Å². The number of likely N-dealkylation sites (N-methyl/N-ethyl adjacent to an activating group) is 1. The Kier molecular flexibility index (Phi) is 4.87. The summed E-state index contributed by atoms with van der Waals surface area (Å²) in [7, 11) is 3.14. The third kappa shape index (κ3) is 4.13. The van der Waals surface area contributed by atoms with Gasteiger partial charge in [-0.25, -0.2) is 4.79 Å². The number of nitrogens with zero attached hydrogens (tertiary/aromatic N) is 1. The van der Waals surface area contributed by atoms with Gasteiger partial charge in [0.1, 0.15) is 0 Å². The number of ether oxygens (including phenoxy) is 1. The first-order valence-electron chi connectivity index (χ1n) is 5.90. The van der Waals surface area contributed by atoms with Gasteiger partial charge in [0, 0.05) is 13.1 Å². The van der Waals surface area contributed by atoms with E-state index in [4.69, 9.17) is 0 Å². The molecule has 100 valence electrons. The van der Waals surface area contributed by atoms with Crippen molar-refractivity contribution in [2.75, 3.05) is 20.7 Å². The molecule has 1 atom stereocenters. The van der Waals surface area contributed by atoms with E-state index in [-0.39, 0.29) is 6.54 Å². The number of hydrogen-bond acceptors (Lipinski definition) is 4. The zero-order chi connectivity index (χ0) is 13.8. The third-order valence-electron chi connectivity index (χ3n) is 2.74. The number of hydrogen-bond donors (Lipinski definition) is 1. The number of benzene rings is 1. The van der Waals surface area contributed by atoms with Crippen LogP contribution in [0.3, 0.4) is 0 Å². The van der Waals surface area contributed by atoms with Crippen LogP contribution >= 0.6 is 0 Å². The SMILES string of the molecule is COC(=O)C(C)(O)CN(C)Cc1cccc(C)c1. The van der Waals surface area contributed by atoms with E-state index in [1.54, 1.807) is 0 Å². The first-order chi connectivity index (χ1) is 8.35. The predicted octanol–water partition coefficient (Wildman–Crippen LogP) is 1.35. The molecule has 1 aromatic carbocycles. The minimum absolute atomic E-state index is 0.230. The van der Waals surface area contributed by atoms with Crippen LogP contribution in [0.2, 0.25) is 0 Å². The molecule has 4 nitrogen and oxygen atoms in total. The van der Waals surface area contributed by atoms with E-state index in [2.05, 4.69) is 10.8 Å². The largest absolute Gasteiger partial charge is 0.467 e. The average molecular weight is 251 g/mol. The van der Waals surface area contributed by atoms with Crippen LogP contribution in [0.5, 0.6) is 0 Å². The smallest absolute Gasteiger partial charge is 0.338 e. The van der Waals surface area contributed by atoms with Crippen LogP contribution in [-0.4, -0.2) is 42.3 Å². The van der Waals surface area contributed by atoms with Crippen LogP contribution < -0.4 is 0 Å². The standard InChI is InChI=1S/C14H21NO3/c1-11-6-5-7-12(8-11)9-15(3)10-14(2,17)13(16)18-4/h5-8,17H,9-10H2,1-4H3. The summed E-state index contributed by atoms with van der Waals surface area (Å²) in [5, 5.41) is 9.97. The molecule has 0 spiro atoms. The lowest BCUT2D eigenvalue weighted by Crippen LogP contribution is -2.46. The average Bonchev–Trinajstić information content (AvgIpc) is 2.26. The third-order valence-corrected chi connectivity index (χ3v) is 2.74. The van der Waals surface area contributed by atoms with Gasteiger partial charge in [-0.1, -0.05) is 29.8 Å². The molecule has 0 aliphatic rings. The Morgan fingerprint density at radius 1 is 1.50 bits per heavy atom. The maximum atomic E-state index is 11.4. The van der Waals surface area contributed by atoms with Crippen LogP contribution in [0.1, 0.15) is 18.1 Å². The quantitative estimate of drug-likeness (QED) is 0.803. The van der Waals surface area contributed by atoms with E-state index in [9.17, 15) is 9.90 Å². The molecule has 0 aromatic heterocycles. The van der Waals surface area contributed by atoms with Gasteiger partial charge < -0.3 is 9.84 Å². The fraction of sp³-hybridized carbons (Fsp3) is 0.500. The fourth-order valence-electron chi connectivity index (χ4n) is 1.99. The molecule has 0 amide bonds. The summed E-state index contributed by atoms with van der Waals surface area (Å²) in [6.07, 6.45) is 0. The minimum Gasteiger partial charge on any atom is -0.467 e. The van der Waals surface area contributed by atoms with Gasteiger partial charge in [0.2, 0.25) is 0 Å². The van der Waals surface area contributed by atoms with Crippen molar-refractivity contribution in [2.24, 2.45) is 0 Å². The summed E-state index contributed by atoms with van der Waals surface area (Å²) in [6, 6.07) is 8.14. The van der Waals surface area contributed by atoms with Crippen molar-refractivity contribution in [1.82, 2.24) is 4.90 Å². The summed E-state index contributed by atoms with van der Waals surface area (Å²) >= 11 is 0. The zero-order valence-corrected chi connectivity index (χ0v) is 11.4. The number of carbonyl (C=O) groups excluding carboxylic acids is 1. The van der Waals surface area contributed by atoms with Crippen molar-refractivity contribution >= 4 is 5.97 Å². The summed E-state index contributed by atoms with van der Waals surface area (Å²) in [6.45, 7) is 4.40. The Morgan fingerprint density at radius 3 is 2.72 bits per heavy atom. The molecule has 18 heavy (non-hydrogen) atoms. The second-order valence-electron chi connectivity index (χ2n) is 4.93. The van der Waals surface area contributed by atoms with Gasteiger partial charge in [0.25, 0.3) is 0 Å². The highest BCUT2D eigenvalue weighted by molar-refractivity contribution is 5.78. The number of aliphatic hydroxyl groups is 1. The molecular weight excluding hydrogens is 230 g/mol. The summed E-state index contributed by atoms with van der Waals surface area (Å²) in [5.41, 5.74) is 0.867. The molecule has 0 aliphatic heterocycles. The molecule has 0 saturated heterocycles. The highest BCUT2D eigenvalue weighted by atomic mass is 16.5. The first-order valence-corrected chi connectivity index (χ1v) is 5.90. The lowest BCUT2D eigenvalue weighted by Gasteiger charge is -2.26. The van der Waals surface area contributed by atoms with Crippen molar-refractivity contribution in [3.63, 3.8) is 0 Å². The van der Waals surface area contributed by atoms with Crippen molar-refractivity contribution in [2.45, 2.75) is 26.0 Å². The van der Waals surface area contributed by atoms with Crippen molar-refractivity contribution < 1.29 is 14.6 Å². The highest BCUT2D eigenvalue weighted by Crippen LogP contribution is 2.11.